The molecule has 0 spiro atoms. The van der Waals surface area contributed by atoms with E-state index in [0.29, 0.717) is 62.6 Å². The SMILES string of the molecule is Cc1cc(CC(=O)CCCc2cn3c(-c4cnn(C)c4)cnc3c(Nc3cc(C)ns3)n2)sn1.Cn1cc(-c2cnc3c(Nc4cc(C5CCN(S(C)(=O)=O)C5)ns4)nc(CCN)cn23)cn1. The third-order valence-corrected chi connectivity index (χ3v) is 14.8. The molecular weight excluding hydrogens is 931 g/mol. The van der Waals surface area contributed by atoms with E-state index in [1.165, 1.54) is 45.2 Å². The lowest BCUT2D eigenvalue weighted by Crippen LogP contribution is -2.27. The van der Waals surface area contributed by atoms with Gasteiger partial charge in [0.2, 0.25) is 10.0 Å². The number of rotatable bonds is 16. The number of nitrogens with two attached hydrogens (primary N) is 1. The third-order valence-electron chi connectivity index (χ3n) is 11.1. The van der Waals surface area contributed by atoms with Crippen molar-refractivity contribution >= 4 is 83.3 Å². The predicted molar refractivity (Wildman–Crippen MR) is 261 cm³/mol. The predicted octanol–water partition coefficient (Wildman–Crippen LogP) is 6.12. The van der Waals surface area contributed by atoms with Gasteiger partial charge in [-0.1, -0.05) is 0 Å². The molecule has 0 aromatic carbocycles. The van der Waals surface area contributed by atoms with Crippen LogP contribution in [0.5, 0.6) is 0 Å². The molecule has 1 atom stereocenters. The Hall–Kier alpha value is -6.31. The van der Waals surface area contributed by atoms with Gasteiger partial charge in [-0.15, -0.1) is 0 Å². The van der Waals surface area contributed by atoms with E-state index in [2.05, 4.69) is 43.9 Å². The average Bonchev–Trinajstić information content (AvgIpc) is 4.12. The van der Waals surface area contributed by atoms with Crippen molar-refractivity contribution in [1.29, 1.82) is 0 Å². The number of aromatic nitrogens is 13. The summed E-state index contributed by atoms with van der Waals surface area (Å²) in [4.78, 5) is 32.3. The lowest BCUT2D eigenvalue weighted by molar-refractivity contribution is -0.118. The van der Waals surface area contributed by atoms with Gasteiger partial charge in [0.15, 0.2) is 22.9 Å². The Bertz CT molecular complexity index is 3300. The standard InChI is InChI=1S/C23H24N8OS2.C20H25N9O2S2/c1-14-7-19(33-28-14)9-18(32)6-4-5-17-13-31-20(16-10-25-30(3)12-16)11-24-23(31)22(26-17)27-21-8-15(2)29-34-21;1-27-10-14(8-23-27)17-9-22-20-19(24-15(3-5-21)12-29(17)20)25-18-7-16(26-32-18)13-4-6-28(11-13)33(2,30)31/h7-8,10-13H,4-6,9H2,1-3H3,(H,26,27);7-10,12-13H,3-6,11,21H2,1-2H3,(H,24,25). The van der Waals surface area contributed by atoms with Crippen LogP contribution in [0.2, 0.25) is 0 Å². The van der Waals surface area contributed by atoms with Gasteiger partial charge < -0.3 is 16.4 Å². The zero-order chi connectivity index (χ0) is 46.8. The first kappa shape index (κ1) is 45.8. The van der Waals surface area contributed by atoms with E-state index >= 15 is 0 Å². The molecule has 24 heteroatoms. The molecule has 348 valence electrons. The van der Waals surface area contributed by atoms with Crippen LogP contribution in [0, 0.1) is 13.8 Å². The molecule has 0 amide bonds. The molecular formula is C43H49N17O3S4. The smallest absolute Gasteiger partial charge is 0.211 e. The fraction of sp³-hybridized carbons (Fsp3) is 0.349. The normalized spacial score (nSPS) is 14.3. The number of hydrogen-bond donors (Lipinski definition) is 3. The topological polar surface area (TPSA) is 239 Å². The Morgan fingerprint density at radius 3 is 1.88 bits per heavy atom. The number of nitrogens with zero attached hydrogens (tertiary/aromatic N) is 14. The van der Waals surface area contributed by atoms with Crippen molar-refractivity contribution in [1.82, 2.24) is 65.7 Å². The average molecular weight is 980 g/mol. The quantitative estimate of drug-likeness (QED) is 0.0989. The van der Waals surface area contributed by atoms with Crippen LogP contribution in [0.3, 0.4) is 0 Å². The minimum atomic E-state index is -3.18. The van der Waals surface area contributed by atoms with Gasteiger partial charge in [-0.25, -0.2) is 32.7 Å². The molecule has 0 radical (unpaired) electrons. The van der Waals surface area contributed by atoms with Crippen LogP contribution in [-0.2, 0) is 48.2 Å². The summed E-state index contributed by atoms with van der Waals surface area (Å²) in [5.74, 6) is 1.60. The highest BCUT2D eigenvalue weighted by molar-refractivity contribution is 7.88. The van der Waals surface area contributed by atoms with Crippen LogP contribution in [0.15, 0.2) is 67.8 Å². The Kier molecular flexibility index (Phi) is 13.3. The third kappa shape index (κ3) is 10.6. The van der Waals surface area contributed by atoms with Crippen molar-refractivity contribution in [2.75, 3.05) is 36.5 Å². The highest BCUT2D eigenvalue weighted by Crippen LogP contribution is 2.34. The summed E-state index contributed by atoms with van der Waals surface area (Å²) in [7, 11) is 0.586. The number of fused-ring (bicyclic) bond motifs is 2. The lowest BCUT2D eigenvalue weighted by atomic mass is 10.1. The van der Waals surface area contributed by atoms with E-state index < -0.39 is 10.0 Å². The molecule has 0 bridgehead atoms. The van der Waals surface area contributed by atoms with Crippen LogP contribution in [0.25, 0.3) is 33.8 Å². The molecule has 1 unspecified atom stereocenters. The van der Waals surface area contributed by atoms with Gasteiger partial charge in [0.05, 0.1) is 70.9 Å². The first-order valence-corrected chi connectivity index (χ1v) is 25.7. The summed E-state index contributed by atoms with van der Waals surface area (Å²) < 4.78 is 45.9. The molecule has 1 aliphatic rings. The van der Waals surface area contributed by atoms with E-state index in [1.54, 1.807) is 15.6 Å². The van der Waals surface area contributed by atoms with Crippen LogP contribution < -0.4 is 16.4 Å². The van der Waals surface area contributed by atoms with Crippen LogP contribution in [0.4, 0.5) is 21.6 Å². The first-order chi connectivity index (χ1) is 32.3. The lowest BCUT2D eigenvalue weighted by Gasteiger charge is -2.12. The number of anilines is 4. The summed E-state index contributed by atoms with van der Waals surface area (Å²) in [6, 6.07) is 5.94. The molecule has 10 rings (SSSR count). The van der Waals surface area contributed by atoms with Gasteiger partial charge in [0, 0.05) is 93.2 Å². The molecule has 10 heterocycles. The number of sulfonamides is 1. The Morgan fingerprint density at radius 1 is 0.776 bits per heavy atom. The number of carbonyl (C=O) groups is 1. The molecule has 9 aromatic rings. The van der Waals surface area contributed by atoms with Gasteiger partial charge in [-0.3, -0.25) is 23.0 Å². The zero-order valence-corrected chi connectivity index (χ0v) is 40.8. The molecule has 1 fully saturated rings. The largest absolute Gasteiger partial charge is 0.330 e. The number of nitrogens with one attached hydrogen (secondary N) is 2. The molecule has 67 heavy (non-hydrogen) atoms. The second kappa shape index (κ2) is 19.5. The number of aryl methyl sites for hydroxylation is 5. The van der Waals surface area contributed by atoms with E-state index in [-0.39, 0.29) is 11.7 Å². The van der Waals surface area contributed by atoms with Crippen molar-refractivity contribution in [2.24, 2.45) is 19.8 Å². The van der Waals surface area contributed by atoms with Crippen molar-refractivity contribution in [3.05, 3.63) is 101 Å². The van der Waals surface area contributed by atoms with Gasteiger partial charge in [-0.05, 0) is 92.5 Å². The number of ketones is 1. The number of hydrogen-bond acceptors (Lipinski definition) is 18. The number of carbonyl (C=O) groups excluding carboxylic acids is 1. The summed E-state index contributed by atoms with van der Waals surface area (Å²) in [5.41, 5.74) is 15.5. The maximum Gasteiger partial charge on any atom is 0.211 e. The van der Waals surface area contributed by atoms with Gasteiger partial charge >= 0.3 is 0 Å². The summed E-state index contributed by atoms with van der Waals surface area (Å²) in [6.07, 6.45) is 20.1. The number of Topliss-reactive ketones (excluding diaryl/α,β-unsaturated/α-hetero) is 1. The molecule has 4 N–H and O–H groups in total. The first-order valence-electron chi connectivity index (χ1n) is 21.5. The van der Waals surface area contributed by atoms with Gasteiger partial charge in [0.1, 0.15) is 15.8 Å². The summed E-state index contributed by atoms with van der Waals surface area (Å²) in [5, 5.41) is 17.0. The zero-order valence-electron chi connectivity index (χ0n) is 37.5. The van der Waals surface area contributed by atoms with Crippen molar-refractivity contribution in [3.8, 4) is 22.5 Å². The molecule has 1 aliphatic heterocycles. The van der Waals surface area contributed by atoms with E-state index in [0.717, 1.165) is 84.4 Å². The Labute approximate surface area is 398 Å². The second-order valence-electron chi connectivity index (χ2n) is 16.5. The molecule has 20 nitrogen and oxygen atoms in total. The number of imidazole rings is 2. The van der Waals surface area contributed by atoms with Crippen molar-refractivity contribution in [2.45, 2.75) is 58.3 Å². The van der Waals surface area contributed by atoms with Crippen molar-refractivity contribution in [3.63, 3.8) is 0 Å². The summed E-state index contributed by atoms with van der Waals surface area (Å²) in [6.45, 7) is 5.38. The molecule has 0 aliphatic carbocycles. The van der Waals surface area contributed by atoms with Crippen LogP contribution in [-0.4, -0.2) is 106 Å². The van der Waals surface area contributed by atoms with Crippen molar-refractivity contribution < 1.29 is 13.2 Å². The maximum absolute atomic E-state index is 12.5. The van der Waals surface area contributed by atoms with E-state index in [9.17, 15) is 13.2 Å². The minimum Gasteiger partial charge on any atom is -0.330 e. The fourth-order valence-corrected chi connectivity index (χ4v) is 10.9. The highest BCUT2D eigenvalue weighted by Gasteiger charge is 2.31. The van der Waals surface area contributed by atoms with Gasteiger partial charge in [0.25, 0.3) is 0 Å². The maximum atomic E-state index is 12.5. The van der Waals surface area contributed by atoms with Crippen LogP contribution in [0.1, 0.15) is 58.5 Å². The van der Waals surface area contributed by atoms with E-state index in [4.69, 9.17) is 15.7 Å². The molecule has 0 saturated carbocycles. The Morgan fingerprint density at radius 2 is 1.36 bits per heavy atom. The monoisotopic (exact) mass is 979 g/mol. The fourth-order valence-electron chi connectivity index (χ4n) is 7.88. The summed E-state index contributed by atoms with van der Waals surface area (Å²) >= 11 is 4.12. The van der Waals surface area contributed by atoms with Crippen LogP contribution >= 0.6 is 34.6 Å². The molecule has 9 aromatic heterocycles. The Balaban J connectivity index is 0.000000168. The van der Waals surface area contributed by atoms with Gasteiger partial charge in [-0.2, -0.15) is 23.3 Å². The molecule has 1 saturated heterocycles. The minimum absolute atomic E-state index is 0.0895. The van der Waals surface area contributed by atoms with E-state index in [1.807, 2.05) is 98.3 Å². The second-order valence-corrected chi connectivity index (χ2v) is 21.0. The highest BCUT2D eigenvalue weighted by atomic mass is 32.2.